The number of sulfonamides is 1. The highest BCUT2D eigenvalue weighted by Gasteiger charge is 2.28. The Balaban J connectivity index is 1.65. The normalized spacial score (nSPS) is 14.6. The second kappa shape index (κ2) is 10.2. The lowest BCUT2D eigenvalue weighted by molar-refractivity contribution is -0.113. The number of benzene rings is 2. The first-order chi connectivity index (χ1) is 14.3. The van der Waals surface area contributed by atoms with Crippen LogP contribution < -0.4 is 10.1 Å². The van der Waals surface area contributed by atoms with Gasteiger partial charge in [0.05, 0.1) is 33.5 Å². The SMILES string of the molecule is COc1ccc(S(=O)(=O)N2CCCC2)cc1NC(=O)CSCc1ccc(Cl)c(Cl)c1. The first kappa shape index (κ1) is 23.2. The van der Waals surface area contributed by atoms with Crippen molar-refractivity contribution < 1.29 is 17.9 Å². The van der Waals surface area contributed by atoms with Crippen LogP contribution in [0.5, 0.6) is 5.75 Å². The largest absolute Gasteiger partial charge is 0.495 e. The Kier molecular flexibility index (Phi) is 7.92. The predicted octanol–water partition coefficient (Wildman–Crippen LogP) is 4.66. The van der Waals surface area contributed by atoms with Gasteiger partial charge in [0.25, 0.3) is 0 Å². The van der Waals surface area contributed by atoms with Crippen molar-refractivity contribution in [3.05, 3.63) is 52.0 Å². The van der Waals surface area contributed by atoms with Gasteiger partial charge in [-0.05, 0) is 48.7 Å². The third-order valence-electron chi connectivity index (χ3n) is 4.63. The van der Waals surface area contributed by atoms with E-state index in [1.807, 2.05) is 6.07 Å². The molecule has 0 saturated carbocycles. The summed E-state index contributed by atoms with van der Waals surface area (Å²) < 4.78 is 32.3. The van der Waals surface area contributed by atoms with E-state index < -0.39 is 10.0 Å². The fraction of sp³-hybridized carbons (Fsp3) is 0.350. The number of ether oxygens (including phenoxy) is 1. The van der Waals surface area contributed by atoms with Gasteiger partial charge >= 0.3 is 0 Å². The molecule has 0 aromatic heterocycles. The van der Waals surface area contributed by atoms with Gasteiger partial charge in [0.1, 0.15) is 5.75 Å². The number of thioether (sulfide) groups is 1. The average Bonchev–Trinajstić information content (AvgIpc) is 3.26. The van der Waals surface area contributed by atoms with E-state index in [1.54, 1.807) is 18.2 Å². The number of amides is 1. The summed E-state index contributed by atoms with van der Waals surface area (Å²) in [5.41, 5.74) is 1.29. The number of hydrogen-bond donors (Lipinski definition) is 1. The molecule has 3 rings (SSSR count). The van der Waals surface area contributed by atoms with Crippen molar-refractivity contribution in [2.24, 2.45) is 0 Å². The van der Waals surface area contributed by atoms with E-state index in [0.717, 1.165) is 18.4 Å². The van der Waals surface area contributed by atoms with Gasteiger partial charge in [0.2, 0.25) is 15.9 Å². The molecule has 0 atom stereocenters. The molecule has 0 aliphatic carbocycles. The van der Waals surface area contributed by atoms with Crippen LogP contribution >= 0.6 is 35.0 Å². The molecule has 0 unspecified atom stereocenters. The van der Waals surface area contributed by atoms with Crippen molar-refractivity contribution in [1.82, 2.24) is 4.31 Å². The van der Waals surface area contributed by atoms with Gasteiger partial charge < -0.3 is 10.1 Å². The van der Waals surface area contributed by atoms with Crippen molar-refractivity contribution >= 4 is 56.6 Å². The molecular weight excluding hydrogens is 467 g/mol. The molecule has 0 bridgehead atoms. The molecule has 0 radical (unpaired) electrons. The second-order valence-electron chi connectivity index (χ2n) is 6.76. The summed E-state index contributed by atoms with van der Waals surface area (Å²) in [6, 6.07) is 9.85. The molecule has 1 N–H and O–H groups in total. The summed E-state index contributed by atoms with van der Waals surface area (Å²) >= 11 is 13.3. The number of nitrogens with one attached hydrogen (secondary N) is 1. The average molecular weight is 489 g/mol. The van der Waals surface area contributed by atoms with Gasteiger partial charge in [-0.2, -0.15) is 4.31 Å². The fourth-order valence-corrected chi connectivity index (χ4v) is 5.74. The standard InChI is InChI=1S/C20H22Cl2N2O4S2/c1-28-19-7-5-15(30(26,27)24-8-2-3-9-24)11-18(19)23-20(25)13-29-12-14-4-6-16(21)17(22)10-14/h4-7,10-11H,2-3,8-9,12-13H2,1H3,(H,23,25). The van der Waals surface area contributed by atoms with Crippen LogP contribution in [0.2, 0.25) is 10.0 Å². The Labute approximate surface area is 190 Å². The minimum absolute atomic E-state index is 0.143. The van der Waals surface area contributed by atoms with Crippen molar-refractivity contribution in [2.45, 2.75) is 23.5 Å². The lowest BCUT2D eigenvalue weighted by Gasteiger charge is -2.17. The number of rotatable bonds is 8. The topological polar surface area (TPSA) is 75.7 Å². The zero-order valence-corrected chi connectivity index (χ0v) is 19.5. The highest BCUT2D eigenvalue weighted by atomic mass is 35.5. The zero-order valence-electron chi connectivity index (χ0n) is 16.4. The van der Waals surface area contributed by atoms with E-state index in [1.165, 1.54) is 35.3 Å². The second-order valence-corrected chi connectivity index (χ2v) is 10.5. The molecule has 2 aromatic rings. The van der Waals surface area contributed by atoms with Crippen LogP contribution in [0.1, 0.15) is 18.4 Å². The van der Waals surface area contributed by atoms with Gasteiger partial charge in [-0.3, -0.25) is 4.79 Å². The monoisotopic (exact) mass is 488 g/mol. The maximum atomic E-state index is 12.8. The van der Waals surface area contributed by atoms with E-state index in [-0.39, 0.29) is 16.6 Å². The number of carbonyl (C=O) groups is 1. The van der Waals surface area contributed by atoms with Crippen LogP contribution in [0.15, 0.2) is 41.3 Å². The fourth-order valence-electron chi connectivity index (χ4n) is 3.10. The Morgan fingerprint density at radius 2 is 1.87 bits per heavy atom. The smallest absolute Gasteiger partial charge is 0.243 e. The van der Waals surface area contributed by atoms with Crippen LogP contribution in [-0.2, 0) is 20.6 Å². The minimum Gasteiger partial charge on any atom is -0.495 e. The maximum absolute atomic E-state index is 12.8. The lowest BCUT2D eigenvalue weighted by atomic mass is 10.2. The Morgan fingerprint density at radius 1 is 1.13 bits per heavy atom. The Morgan fingerprint density at radius 3 is 2.53 bits per heavy atom. The van der Waals surface area contributed by atoms with Gasteiger partial charge in [0, 0.05) is 18.8 Å². The summed E-state index contributed by atoms with van der Waals surface area (Å²) in [7, 11) is -2.11. The first-order valence-electron chi connectivity index (χ1n) is 9.31. The minimum atomic E-state index is -3.58. The maximum Gasteiger partial charge on any atom is 0.243 e. The molecule has 1 fully saturated rings. The highest BCUT2D eigenvalue weighted by Crippen LogP contribution is 2.30. The number of nitrogens with zero attached hydrogens (tertiary/aromatic N) is 1. The van der Waals surface area contributed by atoms with Crippen molar-refractivity contribution in [3.8, 4) is 5.75 Å². The molecule has 10 heteroatoms. The lowest BCUT2D eigenvalue weighted by Crippen LogP contribution is -2.28. The van der Waals surface area contributed by atoms with Crippen LogP contribution in [0.3, 0.4) is 0 Å². The van der Waals surface area contributed by atoms with Gasteiger partial charge in [-0.15, -0.1) is 11.8 Å². The summed E-state index contributed by atoms with van der Waals surface area (Å²) in [5.74, 6) is 0.921. The van der Waals surface area contributed by atoms with Crippen LogP contribution in [0.4, 0.5) is 5.69 Å². The van der Waals surface area contributed by atoms with E-state index in [4.69, 9.17) is 27.9 Å². The van der Waals surface area contributed by atoms with E-state index in [9.17, 15) is 13.2 Å². The number of methoxy groups -OCH3 is 1. The molecule has 162 valence electrons. The zero-order chi connectivity index (χ0) is 21.7. The third kappa shape index (κ3) is 5.62. The molecule has 0 spiro atoms. The van der Waals surface area contributed by atoms with Crippen LogP contribution in [0.25, 0.3) is 0 Å². The summed E-state index contributed by atoms with van der Waals surface area (Å²) in [6.45, 7) is 1.03. The molecule has 30 heavy (non-hydrogen) atoms. The molecule has 1 heterocycles. The number of carbonyl (C=O) groups excluding carboxylic acids is 1. The van der Waals surface area contributed by atoms with Gasteiger partial charge in [-0.1, -0.05) is 29.3 Å². The highest BCUT2D eigenvalue weighted by molar-refractivity contribution is 7.99. The molecule has 1 saturated heterocycles. The van der Waals surface area contributed by atoms with Gasteiger partial charge in [0.15, 0.2) is 0 Å². The summed E-state index contributed by atoms with van der Waals surface area (Å²) in [6.07, 6.45) is 1.71. The summed E-state index contributed by atoms with van der Waals surface area (Å²) in [4.78, 5) is 12.6. The van der Waals surface area contributed by atoms with E-state index in [0.29, 0.717) is 40.3 Å². The number of anilines is 1. The molecule has 1 amide bonds. The molecule has 2 aromatic carbocycles. The quantitative estimate of drug-likeness (QED) is 0.584. The predicted molar refractivity (Wildman–Crippen MR) is 122 cm³/mol. The van der Waals surface area contributed by atoms with Crippen molar-refractivity contribution in [2.75, 3.05) is 31.3 Å². The third-order valence-corrected chi connectivity index (χ3v) is 8.27. The van der Waals surface area contributed by atoms with Crippen LogP contribution in [0, 0.1) is 0 Å². The van der Waals surface area contributed by atoms with Crippen LogP contribution in [-0.4, -0.2) is 44.6 Å². The van der Waals surface area contributed by atoms with Crippen molar-refractivity contribution in [1.29, 1.82) is 0 Å². The first-order valence-corrected chi connectivity index (χ1v) is 12.7. The molecule has 1 aliphatic rings. The number of hydrogen-bond acceptors (Lipinski definition) is 5. The summed E-state index contributed by atoms with van der Waals surface area (Å²) in [5, 5.41) is 3.71. The molecule has 6 nitrogen and oxygen atoms in total. The molecule has 1 aliphatic heterocycles. The molecular formula is C20H22Cl2N2O4S2. The van der Waals surface area contributed by atoms with E-state index >= 15 is 0 Å². The van der Waals surface area contributed by atoms with E-state index in [2.05, 4.69) is 5.32 Å². The number of halogens is 2. The van der Waals surface area contributed by atoms with Gasteiger partial charge in [-0.25, -0.2) is 8.42 Å². The van der Waals surface area contributed by atoms with Crippen molar-refractivity contribution in [3.63, 3.8) is 0 Å². The Hall–Kier alpha value is -1.45. The Bertz CT molecular complexity index is 1030.